The second kappa shape index (κ2) is 15.1. The first-order valence-electron chi connectivity index (χ1n) is 26.1. The lowest BCUT2D eigenvalue weighted by Gasteiger charge is -2.31. The highest BCUT2D eigenvalue weighted by atomic mass is 16.3. The fourth-order valence-corrected chi connectivity index (χ4v) is 12.9. The molecule has 0 amide bonds. The minimum absolute atomic E-state index is 0.512. The molecule has 9 aromatic carbocycles. The highest BCUT2D eigenvalue weighted by molar-refractivity contribution is 6.30. The van der Waals surface area contributed by atoms with Crippen LogP contribution in [0.2, 0.25) is 0 Å². The molecule has 350 valence electrons. The van der Waals surface area contributed by atoms with E-state index in [1.807, 2.05) is 0 Å². The second-order valence-electron chi connectivity index (χ2n) is 20.8. The van der Waals surface area contributed by atoms with Crippen molar-refractivity contribution in [2.24, 2.45) is 17.8 Å². The number of fused-ring (bicyclic) bond motifs is 17. The normalized spacial score (nSPS) is 18.4. The summed E-state index contributed by atoms with van der Waals surface area (Å²) in [6.45, 7) is 0. The number of anilines is 5. The third-order valence-electron chi connectivity index (χ3n) is 16.5. The molecule has 0 bridgehead atoms. The molecule has 0 N–H and O–H groups in total. The van der Waals surface area contributed by atoms with Crippen LogP contribution in [0.5, 0.6) is 0 Å². The maximum atomic E-state index is 7.63. The van der Waals surface area contributed by atoms with Crippen LogP contribution in [-0.2, 0) is 0 Å². The molecule has 6 heteroatoms. The third kappa shape index (κ3) is 5.82. The van der Waals surface area contributed by atoms with Crippen LogP contribution in [0.25, 0.3) is 94.0 Å². The van der Waals surface area contributed by atoms with Gasteiger partial charge in [-0.05, 0) is 146 Å². The summed E-state index contributed by atoms with van der Waals surface area (Å²) >= 11 is 0. The van der Waals surface area contributed by atoms with Gasteiger partial charge in [0.25, 0.3) is 0 Å². The molecule has 4 heterocycles. The largest absolute Gasteiger partial charge is 0.460 e. The van der Waals surface area contributed by atoms with E-state index in [0.717, 1.165) is 117 Å². The summed E-state index contributed by atoms with van der Waals surface area (Å²) in [6, 6.07) is 72.8. The van der Waals surface area contributed by atoms with Crippen molar-refractivity contribution < 1.29 is 8.83 Å². The number of nitrogens with zero attached hydrogens (tertiary/aromatic N) is 4. The molecule has 2 fully saturated rings. The summed E-state index contributed by atoms with van der Waals surface area (Å²) in [4.78, 5) is 4.89. The Bertz CT molecular complexity index is 4530. The van der Waals surface area contributed by atoms with Crippen LogP contribution >= 0.6 is 0 Å². The van der Waals surface area contributed by atoms with Gasteiger partial charge in [-0.2, -0.15) is 0 Å². The van der Waals surface area contributed by atoms with Gasteiger partial charge in [0.15, 0.2) is 0 Å². The monoisotopic (exact) mass is 950 g/mol. The van der Waals surface area contributed by atoms with E-state index in [4.69, 9.17) is 8.83 Å². The van der Waals surface area contributed by atoms with Gasteiger partial charge in [0, 0.05) is 78.2 Å². The first-order chi connectivity index (χ1) is 36.7. The van der Waals surface area contributed by atoms with Crippen molar-refractivity contribution in [2.45, 2.75) is 18.8 Å². The number of para-hydroxylation sites is 5. The van der Waals surface area contributed by atoms with Crippen molar-refractivity contribution in [1.29, 1.82) is 0 Å². The van der Waals surface area contributed by atoms with Crippen LogP contribution in [0.1, 0.15) is 30.1 Å². The van der Waals surface area contributed by atoms with Crippen molar-refractivity contribution >= 4 is 111 Å². The molecule has 4 unspecified atom stereocenters. The second-order valence-corrected chi connectivity index (χ2v) is 20.8. The molecular weight excluding hydrogens is 905 g/mol. The van der Waals surface area contributed by atoms with Gasteiger partial charge < -0.3 is 27.8 Å². The average molecular weight is 951 g/mol. The van der Waals surface area contributed by atoms with E-state index >= 15 is 0 Å². The van der Waals surface area contributed by atoms with E-state index < -0.39 is 0 Å². The third-order valence-corrected chi connectivity index (χ3v) is 16.5. The van der Waals surface area contributed by atoms with Crippen molar-refractivity contribution in [3.8, 4) is 11.4 Å². The summed E-state index contributed by atoms with van der Waals surface area (Å²) in [5.41, 5.74) is 17.1. The summed E-state index contributed by atoms with van der Waals surface area (Å²) in [6.07, 6.45) is 14.3. The molecule has 2 saturated carbocycles. The van der Waals surface area contributed by atoms with Gasteiger partial charge in [-0.25, -0.2) is 0 Å². The predicted molar refractivity (Wildman–Crippen MR) is 304 cm³/mol. The zero-order valence-electron chi connectivity index (χ0n) is 40.3. The summed E-state index contributed by atoms with van der Waals surface area (Å²) in [5, 5.41) is 7.78. The fourth-order valence-electron chi connectivity index (χ4n) is 12.9. The molecule has 74 heavy (non-hydrogen) atoms. The first kappa shape index (κ1) is 40.3. The van der Waals surface area contributed by atoms with Gasteiger partial charge in [0.1, 0.15) is 22.5 Å². The fraction of sp³-hybridized carbons (Fsp3) is 0.0882. The van der Waals surface area contributed by atoms with Crippen molar-refractivity contribution in [3.05, 3.63) is 242 Å². The maximum absolute atomic E-state index is 7.63. The van der Waals surface area contributed by atoms with E-state index in [9.17, 15) is 0 Å². The number of hydrogen-bond donors (Lipinski definition) is 0. The van der Waals surface area contributed by atoms with Gasteiger partial charge in [-0.15, -0.1) is 0 Å². The minimum Gasteiger partial charge on any atom is -0.460 e. The van der Waals surface area contributed by atoms with Gasteiger partial charge in [-0.1, -0.05) is 115 Å². The summed E-state index contributed by atoms with van der Waals surface area (Å²) in [5.74, 6) is 3.46. The highest BCUT2D eigenvalue weighted by Crippen LogP contribution is 2.56. The standard InChI is InChI=1S/C68H46N4O2/c1-5-15-44(16-6-1)69(48-27-25-41-35-43(41)36-48)50-39-57-64-60(72(47-21-11-4-12-22-47)65(57)61(40-50)70(45-17-7-2-8-18-45)46-19-9-3-10-20-46)33-31-52-51-30-32-59-63(67(51)74-68(52)64)54-23-13-14-24-58(54)71(59)49-28-34-62-56(38-49)53-29-26-42-37-55(42)66(53)73-62/h1-34,36,38-43,55H,35,37H2. The Balaban J connectivity index is 0.989. The first-order valence-corrected chi connectivity index (χ1v) is 26.1. The van der Waals surface area contributed by atoms with E-state index in [0.29, 0.717) is 23.7 Å². The summed E-state index contributed by atoms with van der Waals surface area (Å²) < 4.78 is 19.0. The Hall–Kier alpha value is -9.26. The summed E-state index contributed by atoms with van der Waals surface area (Å²) in [7, 11) is 0. The molecular formula is C68H46N4O2. The Kier molecular flexibility index (Phi) is 8.25. The Morgan fingerprint density at radius 2 is 1.05 bits per heavy atom. The number of rotatable bonds is 8. The lowest BCUT2D eigenvalue weighted by molar-refractivity contribution is 0.544. The number of benzene rings is 9. The molecule has 17 rings (SSSR count). The lowest BCUT2D eigenvalue weighted by Crippen LogP contribution is -2.18. The number of furan rings is 2. The van der Waals surface area contributed by atoms with Crippen LogP contribution in [-0.4, -0.2) is 9.13 Å². The van der Waals surface area contributed by atoms with Crippen LogP contribution in [0.3, 0.4) is 0 Å². The molecule has 0 aliphatic heterocycles. The van der Waals surface area contributed by atoms with Crippen LogP contribution in [0, 0.1) is 17.8 Å². The van der Waals surface area contributed by atoms with E-state index in [1.165, 1.54) is 29.5 Å². The van der Waals surface area contributed by atoms with E-state index in [2.05, 4.69) is 250 Å². The number of allylic oxidation sites excluding steroid dienone is 4. The Labute approximate surface area is 426 Å². The zero-order valence-corrected chi connectivity index (χ0v) is 40.3. The lowest BCUT2D eigenvalue weighted by atomic mass is 10.0. The van der Waals surface area contributed by atoms with Gasteiger partial charge in [0.2, 0.25) is 0 Å². The van der Waals surface area contributed by atoms with Crippen molar-refractivity contribution in [2.75, 3.05) is 9.80 Å². The zero-order chi connectivity index (χ0) is 48.2. The van der Waals surface area contributed by atoms with Crippen molar-refractivity contribution in [3.63, 3.8) is 0 Å². The molecule has 0 radical (unpaired) electrons. The van der Waals surface area contributed by atoms with Gasteiger partial charge in [0.05, 0.1) is 38.5 Å². The number of aromatic nitrogens is 2. The number of hydrogen-bond acceptors (Lipinski definition) is 4. The van der Waals surface area contributed by atoms with Crippen LogP contribution in [0.4, 0.5) is 28.4 Å². The Morgan fingerprint density at radius 3 is 1.77 bits per heavy atom. The molecule has 4 aromatic heterocycles. The average Bonchev–Trinajstić information content (AvgIpc) is 4.27. The quantitative estimate of drug-likeness (QED) is 0.152. The van der Waals surface area contributed by atoms with Crippen molar-refractivity contribution in [1.82, 2.24) is 9.13 Å². The maximum Gasteiger partial charge on any atom is 0.145 e. The molecule has 4 atom stereocenters. The highest BCUT2D eigenvalue weighted by Gasteiger charge is 2.43. The van der Waals surface area contributed by atoms with E-state index in [1.54, 1.807) is 0 Å². The van der Waals surface area contributed by atoms with Crippen LogP contribution < -0.4 is 9.80 Å². The van der Waals surface area contributed by atoms with E-state index in [-0.39, 0.29) is 0 Å². The molecule has 0 saturated heterocycles. The molecule has 0 spiro atoms. The molecule has 4 aliphatic rings. The van der Waals surface area contributed by atoms with Crippen LogP contribution in [0.15, 0.2) is 239 Å². The smallest absolute Gasteiger partial charge is 0.145 e. The minimum atomic E-state index is 0.512. The topological polar surface area (TPSA) is 42.6 Å². The van der Waals surface area contributed by atoms with Gasteiger partial charge in [-0.3, -0.25) is 0 Å². The molecule has 13 aromatic rings. The molecule has 6 nitrogen and oxygen atoms in total. The molecule has 4 aliphatic carbocycles. The predicted octanol–water partition coefficient (Wildman–Crippen LogP) is 18.4. The Morgan fingerprint density at radius 1 is 0.419 bits per heavy atom. The SMILES string of the molecule is C1=CC2CC2C=C1N(c1ccccc1)c1cc(N(c2ccccc2)c2ccccc2)c2c(c1)c1c3oc4c(ccc5c4c4ccccc4n5-c4ccc5oc6c(c5c4)C=CC4CC64)c3ccc1n2-c1ccccc1. The van der Waals surface area contributed by atoms with Gasteiger partial charge >= 0.3 is 0 Å².